The third-order valence-electron chi connectivity index (χ3n) is 2.94. The summed E-state index contributed by atoms with van der Waals surface area (Å²) in [4.78, 5) is 8.94. The monoisotopic (exact) mass is 319 g/mol. The molecular formula is C14H14BrN3O. The maximum absolute atomic E-state index is 5.80. The van der Waals surface area contributed by atoms with E-state index >= 15 is 0 Å². The molecule has 98 valence electrons. The van der Waals surface area contributed by atoms with Crippen LogP contribution in [0.3, 0.4) is 0 Å². The van der Waals surface area contributed by atoms with Gasteiger partial charge in [0.2, 0.25) is 5.88 Å². The van der Waals surface area contributed by atoms with Crippen LogP contribution in [0.4, 0.5) is 5.82 Å². The van der Waals surface area contributed by atoms with Crippen LogP contribution < -0.4 is 10.1 Å². The van der Waals surface area contributed by atoms with E-state index in [0.717, 1.165) is 21.9 Å². The van der Waals surface area contributed by atoms with E-state index in [-0.39, 0.29) is 0 Å². The zero-order chi connectivity index (χ0) is 13.2. The lowest BCUT2D eigenvalue weighted by molar-refractivity contribution is 0.458. The molecule has 19 heavy (non-hydrogen) atoms. The van der Waals surface area contributed by atoms with Crippen molar-refractivity contribution in [2.75, 3.05) is 12.4 Å². The fourth-order valence-electron chi connectivity index (χ4n) is 1.80. The van der Waals surface area contributed by atoms with Crippen LogP contribution in [0.5, 0.6) is 11.6 Å². The molecule has 0 unspecified atom stereocenters. The van der Waals surface area contributed by atoms with E-state index in [9.17, 15) is 0 Å². The smallest absolute Gasteiger partial charge is 0.224 e. The molecule has 1 aliphatic carbocycles. The Morgan fingerprint density at radius 2 is 2.11 bits per heavy atom. The van der Waals surface area contributed by atoms with Gasteiger partial charge in [0.1, 0.15) is 17.4 Å². The number of benzene rings is 1. The molecule has 1 N–H and O–H groups in total. The number of hydrogen-bond acceptors (Lipinski definition) is 4. The Balaban J connectivity index is 1.89. The zero-order valence-corrected chi connectivity index (χ0v) is 12.1. The lowest BCUT2D eigenvalue weighted by Crippen LogP contribution is -2.00. The molecule has 1 aromatic heterocycles. The van der Waals surface area contributed by atoms with Gasteiger partial charge in [-0.1, -0.05) is 22.0 Å². The zero-order valence-electron chi connectivity index (χ0n) is 10.6. The van der Waals surface area contributed by atoms with Gasteiger partial charge in [0.05, 0.1) is 0 Å². The van der Waals surface area contributed by atoms with Crippen molar-refractivity contribution < 1.29 is 4.74 Å². The normalized spacial score (nSPS) is 14.2. The van der Waals surface area contributed by atoms with Crippen molar-refractivity contribution in [1.82, 2.24) is 9.97 Å². The predicted molar refractivity (Wildman–Crippen MR) is 77.8 cm³/mol. The van der Waals surface area contributed by atoms with Gasteiger partial charge in [-0.25, -0.2) is 4.98 Å². The van der Waals surface area contributed by atoms with Crippen molar-refractivity contribution in [3.05, 3.63) is 40.6 Å². The number of nitrogens with one attached hydrogen (secondary N) is 1. The lowest BCUT2D eigenvalue weighted by atomic mass is 10.3. The molecule has 0 atom stereocenters. The van der Waals surface area contributed by atoms with Crippen LogP contribution >= 0.6 is 15.9 Å². The summed E-state index contributed by atoms with van der Waals surface area (Å²) in [5.41, 5.74) is 0. The highest BCUT2D eigenvalue weighted by Gasteiger charge is 2.27. The summed E-state index contributed by atoms with van der Waals surface area (Å²) in [5, 5.41) is 3.05. The Kier molecular flexibility index (Phi) is 3.38. The summed E-state index contributed by atoms with van der Waals surface area (Å²) in [5.74, 6) is 3.51. The first-order valence-corrected chi connectivity index (χ1v) is 7.04. The van der Waals surface area contributed by atoms with Gasteiger partial charge in [0.15, 0.2) is 0 Å². The second-order valence-electron chi connectivity index (χ2n) is 4.53. The summed E-state index contributed by atoms with van der Waals surface area (Å²) >= 11 is 3.43. The van der Waals surface area contributed by atoms with Gasteiger partial charge < -0.3 is 10.1 Å². The van der Waals surface area contributed by atoms with Crippen molar-refractivity contribution in [2.45, 2.75) is 18.8 Å². The maximum atomic E-state index is 5.80. The van der Waals surface area contributed by atoms with Crippen molar-refractivity contribution in [2.24, 2.45) is 0 Å². The first kappa shape index (κ1) is 12.4. The van der Waals surface area contributed by atoms with Crippen molar-refractivity contribution in [1.29, 1.82) is 0 Å². The average molecular weight is 320 g/mol. The van der Waals surface area contributed by atoms with Crippen LogP contribution in [0, 0.1) is 0 Å². The SMILES string of the molecule is CNc1cc(Oc2cccc(Br)c2)nc(C2CC2)n1. The number of aromatic nitrogens is 2. The Morgan fingerprint density at radius 3 is 2.79 bits per heavy atom. The molecule has 0 radical (unpaired) electrons. The molecule has 1 fully saturated rings. The van der Waals surface area contributed by atoms with Crippen molar-refractivity contribution >= 4 is 21.7 Å². The summed E-state index contributed by atoms with van der Waals surface area (Å²) in [6, 6.07) is 9.52. The molecule has 1 heterocycles. The molecule has 0 bridgehead atoms. The van der Waals surface area contributed by atoms with Gasteiger partial charge >= 0.3 is 0 Å². The molecule has 3 rings (SSSR count). The Labute approximate surface area is 120 Å². The molecule has 0 aliphatic heterocycles. The molecule has 0 amide bonds. The molecule has 2 aromatic rings. The average Bonchev–Trinajstić information content (AvgIpc) is 3.22. The van der Waals surface area contributed by atoms with E-state index < -0.39 is 0 Å². The van der Waals surface area contributed by atoms with E-state index in [1.165, 1.54) is 12.8 Å². The first-order chi connectivity index (χ1) is 9.24. The van der Waals surface area contributed by atoms with E-state index in [1.807, 2.05) is 37.4 Å². The summed E-state index contributed by atoms with van der Waals surface area (Å²) in [7, 11) is 1.85. The molecule has 1 saturated carbocycles. The Hall–Kier alpha value is -1.62. The minimum atomic E-state index is 0.498. The van der Waals surface area contributed by atoms with Crippen LogP contribution in [0.25, 0.3) is 0 Å². The molecule has 4 nitrogen and oxygen atoms in total. The molecule has 1 aromatic carbocycles. The number of halogens is 1. The first-order valence-electron chi connectivity index (χ1n) is 6.25. The topological polar surface area (TPSA) is 47.0 Å². The minimum Gasteiger partial charge on any atom is -0.439 e. The summed E-state index contributed by atoms with van der Waals surface area (Å²) in [6.07, 6.45) is 2.34. The van der Waals surface area contributed by atoms with Crippen LogP contribution in [0.2, 0.25) is 0 Å². The third-order valence-corrected chi connectivity index (χ3v) is 3.43. The molecule has 0 saturated heterocycles. The van der Waals surface area contributed by atoms with Gasteiger partial charge in [0, 0.05) is 23.5 Å². The Bertz CT molecular complexity index is 599. The van der Waals surface area contributed by atoms with Crippen LogP contribution in [-0.2, 0) is 0 Å². The molecule has 0 spiro atoms. The number of rotatable bonds is 4. The predicted octanol–water partition coefficient (Wildman–Crippen LogP) is 3.95. The number of hydrogen-bond donors (Lipinski definition) is 1. The highest BCUT2D eigenvalue weighted by atomic mass is 79.9. The molecule has 1 aliphatic rings. The summed E-state index contributed by atoms with van der Waals surface area (Å²) < 4.78 is 6.78. The van der Waals surface area contributed by atoms with Crippen LogP contribution in [-0.4, -0.2) is 17.0 Å². The maximum Gasteiger partial charge on any atom is 0.224 e. The fourth-order valence-corrected chi connectivity index (χ4v) is 2.18. The molecule has 5 heteroatoms. The third kappa shape index (κ3) is 3.04. The van der Waals surface area contributed by atoms with Crippen LogP contribution in [0.15, 0.2) is 34.8 Å². The van der Waals surface area contributed by atoms with Crippen molar-refractivity contribution in [3.8, 4) is 11.6 Å². The highest BCUT2D eigenvalue weighted by Crippen LogP contribution is 2.39. The van der Waals surface area contributed by atoms with Gasteiger partial charge in [-0.05, 0) is 31.0 Å². The quantitative estimate of drug-likeness (QED) is 0.926. The second-order valence-corrected chi connectivity index (χ2v) is 5.45. The van der Waals surface area contributed by atoms with E-state index in [4.69, 9.17) is 4.74 Å². The lowest BCUT2D eigenvalue weighted by Gasteiger charge is -2.08. The van der Waals surface area contributed by atoms with Gasteiger partial charge in [-0.2, -0.15) is 4.98 Å². The van der Waals surface area contributed by atoms with E-state index in [2.05, 4.69) is 31.2 Å². The summed E-state index contributed by atoms with van der Waals surface area (Å²) in [6.45, 7) is 0. The number of ether oxygens (including phenoxy) is 1. The van der Waals surface area contributed by atoms with E-state index in [1.54, 1.807) is 0 Å². The molecular weight excluding hydrogens is 306 g/mol. The fraction of sp³-hybridized carbons (Fsp3) is 0.286. The van der Waals surface area contributed by atoms with Gasteiger partial charge in [0.25, 0.3) is 0 Å². The Morgan fingerprint density at radius 1 is 1.26 bits per heavy atom. The van der Waals surface area contributed by atoms with E-state index in [0.29, 0.717) is 11.8 Å². The van der Waals surface area contributed by atoms with Crippen molar-refractivity contribution in [3.63, 3.8) is 0 Å². The largest absolute Gasteiger partial charge is 0.439 e. The second kappa shape index (κ2) is 5.17. The van der Waals surface area contributed by atoms with Crippen LogP contribution in [0.1, 0.15) is 24.6 Å². The van der Waals surface area contributed by atoms with Gasteiger partial charge in [-0.15, -0.1) is 0 Å². The minimum absolute atomic E-state index is 0.498. The number of anilines is 1. The van der Waals surface area contributed by atoms with Gasteiger partial charge in [-0.3, -0.25) is 0 Å². The standard InChI is InChI=1S/C14H14BrN3O/c1-16-12-8-13(18-14(17-12)9-5-6-9)19-11-4-2-3-10(15)7-11/h2-4,7-9H,5-6H2,1H3,(H,16,17,18). The highest BCUT2D eigenvalue weighted by molar-refractivity contribution is 9.10. The number of nitrogens with zero attached hydrogens (tertiary/aromatic N) is 2.